The van der Waals surface area contributed by atoms with E-state index in [-0.39, 0.29) is 0 Å². The van der Waals surface area contributed by atoms with Crippen molar-refractivity contribution in [1.82, 2.24) is 10.3 Å². The number of aromatic nitrogens is 1. The third-order valence-electron chi connectivity index (χ3n) is 2.60. The van der Waals surface area contributed by atoms with Crippen molar-refractivity contribution in [3.8, 4) is 0 Å². The Kier molecular flexibility index (Phi) is 6.76. The fraction of sp³-hybridized carbons (Fsp3) is 0.500. The Labute approximate surface area is 115 Å². The topological polar surface area (TPSA) is 28.2 Å². The first kappa shape index (κ1) is 15.0. The number of nitrogens with zero attached hydrogens (tertiary/aromatic N) is 2. The number of hydrogen-bond acceptors (Lipinski definition) is 3. The van der Waals surface area contributed by atoms with Gasteiger partial charge >= 0.3 is 0 Å². The number of rotatable bonds is 8. The maximum atomic E-state index is 6.31. The fourth-order valence-corrected chi connectivity index (χ4v) is 2.09. The average Bonchev–Trinajstić information content (AvgIpc) is 2.36. The molecule has 0 atom stereocenters. The van der Waals surface area contributed by atoms with Crippen LogP contribution in [-0.2, 0) is 6.54 Å². The Balaban J connectivity index is 2.84. The van der Waals surface area contributed by atoms with Crippen molar-refractivity contribution in [2.45, 2.75) is 26.8 Å². The van der Waals surface area contributed by atoms with Crippen molar-refractivity contribution in [2.24, 2.45) is 0 Å². The lowest BCUT2D eigenvalue weighted by atomic mass is 10.2. The predicted molar refractivity (Wildman–Crippen MR) is 79.3 cm³/mol. The van der Waals surface area contributed by atoms with Crippen molar-refractivity contribution >= 4 is 17.4 Å². The van der Waals surface area contributed by atoms with Crippen molar-refractivity contribution in [1.29, 1.82) is 0 Å². The van der Waals surface area contributed by atoms with Crippen LogP contribution in [0.1, 0.15) is 25.8 Å². The highest BCUT2D eigenvalue weighted by molar-refractivity contribution is 6.33. The summed E-state index contributed by atoms with van der Waals surface area (Å²) in [5.41, 5.74) is 1.11. The second-order valence-electron chi connectivity index (χ2n) is 4.16. The Hall–Kier alpha value is -1.06. The number of pyridine rings is 1. The van der Waals surface area contributed by atoms with Crippen LogP contribution in [0.5, 0.6) is 0 Å². The van der Waals surface area contributed by atoms with Crippen molar-refractivity contribution < 1.29 is 0 Å². The van der Waals surface area contributed by atoms with Gasteiger partial charge in [0, 0.05) is 25.8 Å². The van der Waals surface area contributed by atoms with E-state index >= 15 is 0 Å². The summed E-state index contributed by atoms with van der Waals surface area (Å²) in [6, 6.07) is 1.98. The molecule has 0 bridgehead atoms. The second-order valence-corrected chi connectivity index (χ2v) is 4.57. The normalized spacial score (nSPS) is 10.4. The van der Waals surface area contributed by atoms with Gasteiger partial charge in [-0.2, -0.15) is 0 Å². The first-order valence-electron chi connectivity index (χ1n) is 6.43. The molecule has 0 saturated carbocycles. The molecule has 3 nitrogen and oxygen atoms in total. The molecule has 1 aromatic heterocycles. The number of halogens is 1. The molecular weight excluding hydrogens is 246 g/mol. The van der Waals surface area contributed by atoms with E-state index in [0.717, 1.165) is 44.0 Å². The van der Waals surface area contributed by atoms with Crippen LogP contribution >= 0.6 is 11.6 Å². The van der Waals surface area contributed by atoms with Gasteiger partial charge < -0.3 is 10.2 Å². The highest BCUT2D eigenvalue weighted by atomic mass is 35.5. The highest BCUT2D eigenvalue weighted by Crippen LogP contribution is 2.24. The molecule has 0 saturated heterocycles. The van der Waals surface area contributed by atoms with Gasteiger partial charge in [0.2, 0.25) is 0 Å². The molecule has 1 aromatic rings. The minimum absolute atomic E-state index is 0.709. The van der Waals surface area contributed by atoms with Gasteiger partial charge in [0.25, 0.3) is 0 Å². The highest BCUT2D eigenvalue weighted by Gasteiger charge is 2.10. The first-order chi connectivity index (χ1) is 8.72. The van der Waals surface area contributed by atoms with E-state index in [4.69, 9.17) is 11.6 Å². The van der Waals surface area contributed by atoms with E-state index in [1.165, 1.54) is 0 Å². The summed E-state index contributed by atoms with van der Waals surface area (Å²) in [6.07, 6.45) is 4.82. The van der Waals surface area contributed by atoms with Crippen LogP contribution in [0.15, 0.2) is 24.9 Å². The standard InChI is InChI=1S/C14H22ClN3/c1-4-7-18(8-5-2)14-13(15)9-12(11-17-14)10-16-6-3/h4,9,11,16H,1,5-8,10H2,2-3H3. The molecule has 1 rings (SSSR count). The molecule has 100 valence electrons. The average molecular weight is 268 g/mol. The summed E-state index contributed by atoms with van der Waals surface area (Å²) < 4.78 is 0. The smallest absolute Gasteiger partial charge is 0.147 e. The SMILES string of the molecule is C=CCN(CCC)c1ncc(CNCC)cc1Cl. The third kappa shape index (κ3) is 4.31. The van der Waals surface area contributed by atoms with Gasteiger partial charge in [-0.25, -0.2) is 4.98 Å². The minimum atomic E-state index is 0.709. The largest absolute Gasteiger partial charge is 0.352 e. The Morgan fingerprint density at radius 1 is 1.50 bits per heavy atom. The fourth-order valence-electron chi connectivity index (χ4n) is 1.78. The van der Waals surface area contributed by atoms with Gasteiger partial charge in [-0.3, -0.25) is 0 Å². The summed E-state index contributed by atoms with van der Waals surface area (Å²) in [5.74, 6) is 0.846. The molecular formula is C14H22ClN3. The van der Waals surface area contributed by atoms with Crippen molar-refractivity contribution in [2.75, 3.05) is 24.5 Å². The first-order valence-corrected chi connectivity index (χ1v) is 6.81. The van der Waals surface area contributed by atoms with E-state index < -0.39 is 0 Å². The van der Waals surface area contributed by atoms with Crippen LogP contribution in [0.2, 0.25) is 5.02 Å². The lowest BCUT2D eigenvalue weighted by Crippen LogP contribution is -2.25. The van der Waals surface area contributed by atoms with Crippen LogP contribution < -0.4 is 10.2 Å². The van der Waals surface area contributed by atoms with E-state index in [1.807, 2.05) is 18.3 Å². The van der Waals surface area contributed by atoms with E-state index in [2.05, 4.69) is 35.6 Å². The number of hydrogen-bond donors (Lipinski definition) is 1. The molecule has 1 heterocycles. The lowest BCUT2D eigenvalue weighted by Gasteiger charge is -2.22. The van der Waals surface area contributed by atoms with Gasteiger partial charge in [0.05, 0.1) is 5.02 Å². The molecule has 0 amide bonds. The number of anilines is 1. The van der Waals surface area contributed by atoms with Crippen LogP contribution in [0, 0.1) is 0 Å². The molecule has 0 radical (unpaired) electrons. The molecule has 0 spiro atoms. The van der Waals surface area contributed by atoms with Crippen molar-refractivity contribution in [3.05, 3.63) is 35.5 Å². The van der Waals surface area contributed by atoms with Crippen LogP contribution in [0.4, 0.5) is 5.82 Å². The van der Waals surface area contributed by atoms with E-state index in [9.17, 15) is 0 Å². The Morgan fingerprint density at radius 2 is 2.28 bits per heavy atom. The molecule has 0 aliphatic rings. The van der Waals surface area contributed by atoms with Gasteiger partial charge in [-0.05, 0) is 24.6 Å². The lowest BCUT2D eigenvalue weighted by molar-refractivity contribution is 0.723. The minimum Gasteiger partial charge on any atom is -0.352 e. The van der Waals surface area contributed by atoms with Crippen LogP contribution in [0.25, 0.3) is 0 Å². The van der Waals surface area contributed by atoms with E-state index in [0.29, 0.717) is 5.02 Å². The Bertz CT molecular complexity index is 379. The predicted octanol–water partition coefficient (Wildman–Crippen LogP) is 3.25. The maximum absolute atomic E-state index is 6.31. The maximum Gasteiger partial charge on any atom is 0.147 e. The number of nitrogens with one attached hydrogen (secondary N) is 1. The summed E-state index contributed by atoms with van der Waals surface area (Å²) >= 11 is 6.31. The molecule has 4 heteroatoms. The quantitative estimate of drug-likeness (QED) is 0.733. The zero-order valence-corrected chi connectivity index (χ0v) is 12.0. The molecule has 0 fully saturated rings. The Morgan fingerprint density at radius 3 is 2.83 bits per heavy atom. The van der Waals surface area contributed by atoms with Crippen LogP contribution in [0.3, 0.4) is 0 Å². The summed E-state index contributed by atoms with van der Waals surface area (Å²) in [5, 5.41) is 3.97. The van der Waals surface area contributed by atoms with Gasteiger partial charge in [0.15, 0.2) is 0 Å². The molecule has 0 aliphatic heterocycles. The molecule has 18 heavy (non-hydrogen) atoms. The van der Waals surface area contributed by atoms with E-state index in [1.54, 1.807) is 0 Å². The summed E-state index contributed by atoms with van der Waals surface area (Å²) in [6.45, 7) is 11.4. The summed E-state index contributed by atoms with van der Waals surface area (Å²) in [4.78, 5) is 6.62. The monoisotopic (exact) mass is 267 g/mol. The zero-order valence-electron chi connectivity index (χ0n) is 11.2. The van der Waals surface area contributed by atoms with Gasteiger partial charge in [0.1, 0.15) is 5.82 Å². The van der Waals surface area contributed by atoms with Gasteiger partial charge in [-0.1, -0.05) is 31.5 Å². The molecule has 1 N–H and O–H groups in total. The second kappa shape index (κ2) is 8.11. The van der Waals surface area contributed by atoms with Crippen molar-refractivity contribution in [3.63, 3.8) is 0 Å². The molecule has 0 aromatic carbocycles. The molecule has 0 unspecified atom stereocenters. The van der Waals surface area contributed by atoms with Gasteiger partial charge in [-0.15, -0.1) is 6.58 Å². The summed E-state index contributed by atoms with van der Waals surface area (Å²) in [7, 11) is 0. The molecule has 0 aliphatic carbocycles. The zero-order chi connectivity index (χ0) is 13.4. The third-order valence-corrected chi connectivity index (χ3v) is 2.88. The van der Waals surface area contributed by atoms with Crippen LogP contribution in [-0.4, -0.2) is 24.6 Å².